The molecule has 0 N–H and O–H groups in total. The van der Waals surface area contributed by atoms with Crippen molar-refractivity contribution < 1.29 is 0 Å². The predicted molar refractivity (Wildman–Crippen MR) is 115 cm³/mol. The molecule has 2 heterocycles. The molecule has 0 radical (unpaired) electrons. The van der Waals surface area contributed by atoms with Gasteiger partial charge in [0.25, 0.3) is 5.56 Å². The molecular weight excluding hydrogens is 392 g/mol. The number of fused-ring (bicyclic) bond motifs is 3. The molecule has 0 unspecified atom stereocenters. The largest absolute Gasteiger partial charge is 0.276 e. The summed E-state index contributed by atoms with van der Waals surface area (Å²) in [5.41, 5.74) is 1.99. The summed E-state index contributed by atoms with van der Waals surface area (Å²) in [5, 5.41) is 11.0. The first-order valence-electron chi connectivity index (χ1n) is 9.28. The Bertz CT molecular complexity index is 1180. The normalized spacial score (nSPS) is 11.7. The fourth-order valence-corrected chi connectivity index (χ4v) is 4.17. The van der Waals surface area contributed by atoms with E-state index in [-0.39, 0.29) is 5.56 Å². The number of para-hydroxylation sites is 1. The van der Waals surface area contributed by atoms with Crippen LogP contribution in [0, 0.1) is 5.92 Å². The summed E-state index contributed by atoms with van der Waals surface area (Å²) in [7, 11) is 0. The van der Waals surface area contributed by atoms with Crippen LogP contribution in [0.3, 0.4) is 0 Å². The summed E-state index contributed by atoms with van der Waals surface area (Å²) < 4.78 is 3.75. The summed E-state index contributed by atoms with van der Waals surface area (Å²) >= 11 is 7.57. The Hall–Kier alpha value is -2.31. The summed E-state index contributed by atoms with van der Waals surface area (Å²) in [5.74, 6) is 1.85. The second-order valence-electron chi connectivity index (χ2n) is 7.19. The zero-order valence-electron chi connectivity index (χ0n) is 15.8. The molecule has 0 fully saturated rings. The molecule has 0 saturated carbocycles. The van der Waals surface area contributed by atoms with E-state index < -0.39 is 0 Å². The third-order valence-electron chi connectivity index (χ3n) is 4.69. The van der Waals surface area contributed by atoms with Crippen LogP contribution in [-0.2, 0) is 12.3 Å². The summed E-state index contributed by atoms with van der Waals surface area (Å²) in [4.78, 5) is 13.0. The van der Waals surface area contributed by atoms with E-state index >= 15 is 0 Å². The SMILES string of the molecule is CC(C)CCn1c(=O)c2ccccc2n2c(SCc3ccc(Cl)cc3)nnc12. The minimum Gasteiger partial charge on any atom is -0.276 e. The molecule has 0 amide bonds. The van der Waals surface area contributed by atoms with Gasteiger partial charge in [-0.15, -0.1) is 10.2 Å². The van der Waals surface area contributed by atoms with Gasteiger partial charge in [0.15, 0.2) is 5.16 Å². The second-order valence-corrected chi connectivity index (χ2v) is 8.57. The molecule has 2 aromatic carbocycles. The van der Waals surface area contributed by atoms with Crippen molar-refractivity contribution >= 4 is 40.0 Å². The van der Waals surface area contributed by atoms with Crippen LogP contribution < -0.4 is 5.56 Å². The highest BCUT2D eigenvalue weighted by molar-refractivity contribution is 7.98. The molecule has 0 atom stereocenters. The van der Waals surface area contributed by atoms with Crippen LogP contribution in [0.15, 0.2) is 58.5 Å². The second kappa shape index (κ2) is 7.97. The van der Waals surface area contributed by atoms with Gasteiger partial charge < -0.3 is 0 Å². The Labute approximate surface area is 172 Å². The number of nitrogens with zero attached hydrogens (tertiary/aromatic N) is 4. The molecule has 0 spiro atoms. The molecular formula is C21H21ClN4OS. The summed E-state index contributed by atoms with van der Waals surface area (Å²) in [6.07, 6.45) is 0.911. The lowest BCUT2D eigenvalue weighted by atomic mass is 10.1. The van der Waals surface area contributed by atoms with E-state index in [1.54, 1.807) is 16.3 Å². The van der Waals surface area contributed by atoms with Gasteiger partial charge in [0, 0.05) is 17.3 Å². The number of aromatic nitrogens is 4. The Kier molecular flexibility index (Phi) is 5.42. The summed E-state index contributed by atoms with van der Waals surface area (Å²) in [6, 6.07) is 15.4. The lowest BCUT2D eigenvalue weighted by Crippen LogP contribution is -2.24. The molecule has 0 bridgehead atoms. The molecule has 0 saturated heterocycles. The third kappa shape index (κ3) is 3.66. The van der Waals surface area contributed by atoms with Gasteiger partial charge >= 0.3 is 0 Å². The Morgan fingerprint density at radius 2 is 1.82 bits per heavy atom. The highest BCUT2D eigenvalue weighted by Gasteiger charge is 2.17. The van der Waals surface area contributed by atoms with Crippen LogP contribution in [0.4, 0.5) is 0 Å². The van der Waals surface area contributed by atoms with E-state index in [1.165, 1.54) is 0 Å². The molecule has 4 rings (SSSR count). The zero-order chi connectivity index (χ0) is 19.7. The van der Waals surface area contributed by atoms with Gasteiger partial charge in [-0.25, -0.2) is 0 Å². The molecule has 5 nitrogen and oxygen atoms in total. The van der Waals surface area contributed by atoms with Gasteiger partial charge in [0.2, 0.25) is 5.78 Å². The average Bonchev–Trinajstić information content (AvgIpc) is 3.11. The first-order chi connectivity index (χ1) is 13.5. The predicted octanol–water partition coefficient (Wildman–Crippen LogP) is 5.04. The molecule has 0 aliphatic rings. The van der Waals surface area contributed by atoms with Crippen molar-refractivity contribution in [1.82, 2.24) is 19.2 Å². The Balaban J connectivity index is 1.80. The van der Waals surface area contributed by atoms with Gasteiger partial charge in [0.1, 0.15) is 0 Å². The van der Waals surface area contributed by atoms with Crippen LogP contribution in [0.1, 0.15) is 25.8 Å². The molecule has 0 aliphatic heterocycles. The highest BCUT2D eigenvalue weighted by atomic mass is 35.5. The lowest BCUT2D eigenvalue weighted by molar-refractivity contribution is 0.512. The van der Waals surface area contributed by atoms with Crippen LogP contribution in [0.5, 0.6) is 0 Å². The number of hydrogen-bond donors (Lipinski definition) is 0. The maximum absolute atomic E-state index is 13.0. The van der Waals surface area contributed by atoms with Crippen molar-refractivity contribution in [3.05, 3.63) is 69.5 Å². The van der Waals surface area contributed by atoms with Crippen molar-refractivity contribution in [2.75, 3.05) is 0 Å². The van der Waals surface area contributed by atoms with Gasteiger partial charge in [-0.1, -0.05) is 61.5 Å². The zero-order valence-corrected chi connectivity index (χ0v) is 17.4. The summed E-state index contributed by atoms with van der Waals surface area (Å²) in [6.45, 7) is 4.94. The van der Waals surface area contributed by atoms with E-state index in [9.17, 15) is 4.79 Å². The van der Waals surface area contributed by atoms with E-state index in [0.29, 0.717) is 23.6 Å². The Morgan fingerprint density at radius 1 is 1.07 bits per heavy atom. The third-order valence-corrected chi connectivity index (χ3v) is 5.94. The number of aryl methyl sites for hydroxylation is 1. The fourth-order valence-electron chi connectivity index (χ4n) is 3.14. The quantitative estimate of drug-likeness (QED) is 0.416. The topological polar surface area (TPSA) is 52.2 Å². The first-order valence-corrected chi connectivity index (χ1v) is 10.6. The van der Waals surface area contributed by atoms with Crippen LogP contribution >= 0.6 is 23.4 Å². The molecule has 4 aromatic rings. The molecule has 7 heteroatoms. The van der Waals surface area contributed by atoms with E-state index in [4.69, 9.17) is 11.6 Å². The number of thioether (sulfide) groups is 1. The average molecular weight is 413 g/mol. The van der Waals surface area contributed by atoms with Crippen molar-refractivity contribution in [3.63, 3.8) is 0 Å². The maximum Gasteiger partial charge on any atom is 0.262 e. The van der Waals surface area contributed by atoms with E-state index in [2.05, 4.69) is 24.0 Å². The van der Waals surface area contributed by atoms with E-state index in [0.717, 1.165) is 33.4 Å². The van der Waals surface area contributed by atoms with Crippen LogP contribution in [0.2, 0.25) is 5.02 Å². The Morgan fingerprint density at radius 3 is 2.57 bits per heavy atom. The van der Waals surface area contributed by atoms with Crippen molar-refractivity contribution in [1.29, 1.82) is 0 Å². The van der Waals surface area contributed by atoms with Gasteiger partial charge in [-0.05, 0) is 42.2 Å². The molecule has 28 heavy (non-hydrogen) atoms. The molecule has 0 aliphatic carbocycles. The number of halogens is 1. The van der Waals surface area contributed by atoms with Crippen molar-refractivity contribution in [2.45, 2.75) is 37.7 Å². The molecule has 2 aromatic heterocycles. The smallest absolute Gasteiger partial charge is 0.262 e. The first kappa shape index (κ1) is 19.0. The van der Waals surface area contributed by atoms with Gasteiger partial charge in [0.05, 0.1) is 10.9 Å². The fraction of sp³-hybridized carbons (Fsp3) is 0.286. The monoisotopic (exact) mass is 412 g/mol. The van der Waals surface area contributed by atoms with Crippen molar-refractivity contribution in [3.8, 4) is 0 Å². The minimum atomic E-state index is -0.00889. The standard InChI is InChI=1S/C21H21ClN4OS/c1-14(2)11-12-25-19(27)17-5-3-4-6-18(17)26-20(25)23-24-21(26)28-13-15-7-9-16(22)10-8-15/h3-10,14H,11-13H2,1-2H3. The maximum atomic E-state index is 13.0. The van der Waals surface area contributed by atoms with Crippen LogP contribution in [-0.4, -0.2) is 19.2 Å². The number of hydrogen-bond acceptors (Lipinski definition) is 4. The lowest BCUT2D eigenvalue weighted by Gasteiger charge is -2.12. The van der Waals surface area contributed by atoms with Gasteiger partial charge in [-0.2, -0.15) is 0 Å². The number of rotatable bonds is 6. The highest BCUT2D eigenvalue weighted by Crippen LogP contribution is 2.25. The van der Waals surface area contributed by atoms with Crippen LogP contribution in [0.25, 0.3) is 16.7 Å². The molecule has 144 valence electrons. The minimum absolute atomic E-state index is 0.00889. The number of benzene rings is 2. The van der Waals surface area contributed by atoms with Gasteiger partial charge in [-0.3, -0.25) is 13.8 Å². The van der Waals surface area contributed by atoms with Crippen molar-refractivity contribution in [2.24, 2.45) is 5.92 Å². The van der Waals surface area contributed by atoms with E-state index in [1.807, 2.05) is 52.9 Å².